The maximum Gasteiger partial charge on any atom is 0.410 e. The number of carbonyl (C=O) groups excluding carboxylic acids is 1. The maximum atomic E-state index is 12.3. The van der Waals surface area contributed by atoms with Gasteiger partial charge >= 0.3 is 6.09 Å². The number of hydrogen-bond acceptors (Lipinski definition) is 4. The summed E-state index contributed by atoms with van der Waals surface area (Å²) in [6, 6.07) is 5.93. The lowest BCUT2D eigenvalue weighted by molar-refractivity contribution is 0.0204. The molecule has 0 spiro atoms. The van der Waals surface area contributed by atoms with Crippen LogP contribution in [0.3, 0.4) is 0 Å². The van der Waals surface area contributed by atoms with Crippen molar-refractivity contribution >= 4 is 17.7 Å². The summed E-state index contributed by atoms with van der Waals surface area (Å²) in [6.45, 7) is 10.1. The standard InChI is InChI=1S/C22H35ClN2O3/c1-7-18(15-24(5)6)27-20-14-17(23)8-9-19(20)16-10-12-25(13-11-16)21(26)28-22(2,3)4/h8-9,14,16,18H,7,10-13,15H2,1-6H3/t18-/m0/s1. The Morgan fingerprint density at radius 2 is 1.93 bits per heavy atom. The second-order valence-corrected chi connectivity index (χ2v) is 9.27. The molecular weight excluding hydrogens is 376 g/mol. The van der Waals surface area contributed by atoms with E-state index in [-0.39, 0.29) is 12.2 Å². The van der Waals surface area contributed by atoms with Crippen LogP contribution in [0.2, 0.25) is 5.02 Å². The fraction of sp³-hybridized carbons (Fsp3) is 0.682. The van der Waals surface area contributed by atoms with Crippen molar-refractivity contribution in [2.75, 3.05) is 33.7 Å². The van der Waals surface area contributed by atoms with Crippen molar-refractivity contribution in [2.45, 2.75) is 64.6 Å². The van der Waals surface area contributed by atoms with Gasteiger partial charge in [-0.1, -0.05) is 24.6 Å². The van der Waals surface area contributed by atoms with Gasteiger partial charge in [0.2, 0.25) is 0 Å². The number of nitrogens with zero attached hydrogens (tertiary/aromatic N) is 2. The molecule has 1 fully saturated rings. The number of ether oxygens (including phenoxy) is 2. The van der Waals surface area contributed by atoms with Crippen molar-refractivity contribution in [1.82, 2.24) is 9.80 Å². The molecule has 0 radical (unpaired) electrons. The average molecular weight is 411 g/mol. The van der Waals surface area contributed by atoms with Gasteiger partial charge in [0.25, 0.3) is 0 Å². The van der Waals surface area contributed by atoms with Gasteiger partial charge in [0.1, 0.15) is 17.5 Å². The van der Waals surface area contributed by atoms with Crippen LogP contribution in [0, 0.1) is 0 Å². The molecule has 0 unspecified atom stereocenters. The zero-order valence-electron chi connectivity index (χ0n) is 18.1. The van der Waals surface area contributed by atoms with Gasteiger partial charge in [-0.05, 0) is 77.7 Å². The number of likely N-dealkylation sites (N-methyl/N-ethyl adjacent to an activating group) is 1. The highest BCUT2D eigenvalue weighted by Crippen LogP contribution is 2.37. The van der Waals surface area contributed by atoms with Crippen LogP contribution in [0.5, 0.6) is 5.75 Å². The Balaban J connectivity index is 2.07. The van der Waals surface area contributed by atoms with Crippen LogP contribution in [0.15, 0.2) is 18.2 Å². The number of carbonyl (C=O) groups is 1. The van der Waals surface area contributed by atoms with E-state index in [1.54, 1.807) is 4.90 Å². The molecule has 1 aliphatic heterocycles. The number of halogens is 1. The summed E-state index contributed by atoms with van der Waals surface area (Å²) in [5, 5.41) is 0.685. The van der Waals surface area contributed by atoms with E-state index in [2.05, 4.69) is 32.0 Å². The predicted molar refractivity (Wildman–Crippen MR) is 114 cm³/mol. The van der Waals surface area contributed by atoms with E-state index in [1.165, 1.54) is 5.56 Å². The minimum absolute atomic E-state index is 0.120. The Hall–Kier alpha value is -1.46. The summed E-state index contributed by atoms with van der Waals surface area (Å²) in [5.41, 5.74) is 0.720. The van der Waals surface area contributed by atoms with Crippen molar-refractivity contribution in [3.63, 3.8) is 0 Å². The molecule has 1 aromatic rings. The highest BCUT2D eigenvalue weighted by Gasteiger charge is 2.29. The topological polar surface area (TPSA) is 42.0 Å². The van der Waals surface area contributed by atoms with Crippen LogP contribution < -0.4 is 4.74 Å². The molecule has 0 aromatic heterocycles. The number of likely N-dealkylation sites (tertiary alicyclic amines) is 1. The third-order valence-electron chi connectivity index (χ3n) is 4.88. The molecule has 28 heavy (non-hydrogen) atoms. The number of hydrogen-bond donors (Lipinski definition) is 0. The van der Waals surface area contributed by atoms with Crippen LogP contribution in [0.4, 0.5) is 4.79 Å². The van der Waals surface area contributed by atoms with E-state index in [4.69, 9.17) is 21.1 Å². The van der Waals surface area contributed by atoms with E-state index in [0.29, 0.717) is 24.0 Å². The number of piperidine rings is 1. The van der Waals surface area contributed by atoms with E-state index < -0.39 is 5.60 Å². The second kappa shape index (κ2) is 9.84. The molecular formula is C22H35ClN2O3. The first-order valence-electron chi connectivity index (χ1n) is 10.2. The van der Waals surface area contributed by atoms with E-state index in [1.807, 2.05) is 32.9 Å². The van der Waals surface area contributed by atoms with E-state index in [9.17, 15) is 4.79 Å². The predicted octanol–water partition coefficient (Wildman–Crippen LogP) is 5.17. The van der Waals surface area contributed by atoms with Gasteiger partial charge in [0.15, 0.2) is 0 Å². The van der Waals surface area contributed by atoms with Crippen molar-refractivity contribution < 1.29 is 14.3 Å². The first kappa shape index (κ1) is 22.8. The largest absolute Gasteiger partial charge is 0.489 e. The normalized spacial score (nSPS) is 16.9. The molecule has 1 atom stereocenters. The summed E-state index contributed by atoms with van der Waals surface area (Å²) < 4.78 is 11.9. The lowest BCUT2D eigenvalue weighted by atomic mass is 9.89. The Morgan fingerprint density at radius 1 is 1.29 bits per heavy atom. The van der Waals surface area contributed by atoms with Crippen LogP contribution in [-0.2, 0) is 4.74 Å². The summed E-state index contributed by atoms with van der Waals surface area (Å²) in [4.78, 5) is 16.3. The first-order chi connectivity index (χ1) is 13.1. The van der Waals surface area contributed by atoms with Crippen molar-refractivity contribution in [2.24, 2.45) is 0 Å². The Bertz CT molecular complexity index is 650. The molecule has 0 aliphatic carbocycles. The third kappa shape index (κ3) is 6.85. The molecule has 5 nitrogen and oxygen atoms in total. The van der Waals surface area contributed by atoms with Crippen LogP contribution >= 0.6 is 11.6 Å². The van der Waals surface area contributed by atoms with Crippen molar-refractivity contribution in [3.8, 4) is 5.75 Å². The molecule has 6 heteroatoms. The molecule has 1 saturated heterocycles. The SMILES string of the molecule is CC[C@@H](CN(C)C)Oc1cc(Cl)ccc1C1CCN(C(=O)OC(C)(C)C)CC1. The minimum atomic E-state index is -0.466. The first-order valence-corrected chi connectivity index (χ1v) is 10.6. The minimum Gasteiger partial charge on any atom is -0.489 e. The molecule has 2 rings (SSSR count). The maximum absolute atomic E-state index is 12.3. The van der Waals surface area contributed by atoms with Crippen molar-refractivity contribution in [1.29, 1.82) is 0 Å². The molecule has 158 valence electrons. The quantitative estimate of drug-likeness (QED) is 0.648. The lowest BCUT2D eigenvalue weighted by Gasteiger charge is -2.34. The van der Waals surface area contributed by atoms with Gasteiger partial charge in [-0.2, -0.15) is 0 Å². The molecule has 1 amide bonds. The summed E-state index contributed by atoms with van der Waals surface area (Å²) in [7, 11) is 4.11. The van der Waals surface area contributed by atoms with Gasteiger partial charge in [-0.25, -0.2) is 4.79 Å². The Kier molecular flexibility index (Phi) is 8.02. The van der Waals surface area contributed by atoms with Crippen LogP contribution in [0.25, 0.3) is 0 Å². The smallest absolute Gasteiger partial charge is 0.410 e. The number of benzene rings is 1. The van der Waals surface area contributed by atoms with Gasteiger partial charge in [0, 0.05) is 24.7 Å². The monoisotopic (exact) mass is 410 g/mol. The highest BCUT2D eigenvalue weighted by molar-refractivity contribution is 6.30. The van der Waals surface area contributed by atoms with Gasteiger partial charge in [0.05, 0.1) is 0 Å². The zero-order valence-corrected chi connectivity index (χ0v) is 18.9. The summed E-state index contributed by atoms with van der Waals surface area (Å²) >= 11 is 6.25. The Labute approximate surface area is 174 Å². The average Bonchev–Trinajstić information content (AvgIpc) is 2.59. The van der Waals surface area contributed by atoms with Gasteiger partial charge < -0.3 is 19.3 Å². The van der Waals surface area contributed by atoms with Gasteiger partial charge in [-0.15, -0.1) is 0 Å². The molecule has 1 aromatic carbocycles. The fourth-order valence-corrected chi connectivity index (χ4v) is 3.65. The van der Waals surface area contributed by atoms with E-state index in [0.717, 1.165) is 31.6 Å². The molecule has 0 saturated carbocycles. The zero-order chi connectivity index (χ0) is 20.9. The summed E-state index contributed by atoms with van der Waals surface area (Å²) in [6.07, 6.45) is 2.61. The molecule has 1 aliphatic rings. The van der Waals surface area contributed by atoms with Crippen LogP contribution in [0.1, 0.15) is 58.4 Å². The molecule has 0 N–H and O–H groups in total. The molecule has 1 heterocycles. The lowest BCUT2D eigenvalue weighted by Crippen LogP contribution is -2.41. The molecule has 0 bridgehead atoms. The number of amides is 1. The summed E-state index contributed by atoms with van der Waals surface area (Å²) in [5.74, 6) is 1.22. The Morgan fingerprint density at radius 3 is 2.46 bits per heavy atom. The van der Waals surface area contributed by atoms with E-state index >= 15 is 0 Å². The fourth-order valence-electron chi connectivity index (χ4n) is 3.48. The number of rotatable bonds is 6. The second-order valence-electron chi connectivity index (χ2n) is 8.83. The third-order valence-corrected chi connectivity index (χ3v) is 5.11. The van der Waals surface area contributed by atoms with Crippen LogP contribution in [-0.4, -0.2) is 61.3 Å². The van der Waals surface area contributed by atoms with Crippen molar-refractivity contribution in [3.05, 3.63) is 28.8 Å². The van der Waals surface area contributed by atoms with Gasteiger partial charge in [-0.3, -0.25) is 0 Å². The highest BCUT2D eigenvalue weighted by atomic mass is 35.5.